The zero-order valence-corrected chi connectivity index (χ0v) is 16.2. The van der Waals surface area contributed by atoms with Crippen molar-refractivity contribution in [1.29, 1.82) is 0 Å². The first-order chi connectivity index (χ1) is 13.4. The molecule has 0 saturated heterocycles. The Labute approximate surface area is 162 Å². The third-order valence-corrected chi connectivity index (χ3v) is 6.30. The number of carbonyl (C=O) groups is 1. The monoisotopic (exact) mass is 433 g/mol. The van der Waals surface area contributed by atoms with Crippen molar-refractivity contribution >= 4 is 27.6 Å². The van der Waals surface area contributed by atoms with Gasteiger partial charge in [0.05, 0.1) is 10.4 Å². The maximum absolute atomic E-state index is 13.5. The second kappa shape index (κ2) is 7.17. The number of aryl methyl sites for hydroxylation is 1. The van der Waals surface area contributed by atoms with Crippen LogP contribution in [0.4, 0.5) is 25.0 Å². The van der Waals surface area contributed by atoms with Crippen LogP contribution in [0.1, 0.15) is 42.0 Å². The zero-order chi connectivity index (χ0) is 21.6. The van der Waals surface area contributed by atoms with Gasteiger partial charge in [0.15, 0.2) is 9.84 Å². The van der Waals surface area contributed by atoms with Crippen LogP contribution in [0, 0.1) is 6.92 Å². The van der Waals surface area contributed by atoms with Gasteiger partial charge in [-0.25, -0.2) is 8.42 Å². The average molecular weight is 433 g/mol. The first-order valence-electron chi connectivity index (χ1n) is 8.30. The van der Waals surface area contributed by atoms with Gasteiger partial charge in [0, 0.05) is 6.92 Å². The molecule has 1 atom stereocenters. The van der Waals surface area contributed by atoms with Crippen LogP contribution in [0.2, 0.25) is 0 Å². The van der Waals surface area contributed by atoms with E-state index in [0.29, 0.717) is 10.6 Å². The molecule has 3 rings (SSSR count). The summed E-state index contributed by atoms with van der Waals surface area (Å²) in [5.74, 6) is -1.80. The molecule has 2 aromatic heterocycles. The normalized spacial score (nSPS) is 16.3. The standard InChI is InChI=1S/C15H15F3N6O4S/c1-7(2)29(26,27)6-11-21-22-12-9(4-5-10(24(11)12)15(16,17)18)13(25)19-14-23-20-8(3)28-14/h4-5,7,11H,6H2,1-3H3/p+1. The molecule has 2 aromatic rings. The number of hydrogen-bond acceptors (Lipinski definition) is 8. The van der Waals surface area contributed by atoms with Gasteiger partial charge in [-0.15, -0.1) is 5.10 Å². The number of nitrogens with zero attached hydrogens (tertiary/aromatic N) is 5. The molecule has 3 heterocycles. The van der Waals surface area contributed by atoms with Gasteiger partial charge in [0.1, 0.15) is 11.3 Å². The third-order valence-electron chi connectivity index (χ3n) is 4.10. The van der Waals surface area contributed by atoms with E-state index in [1.165, 1.54) is 20.8 Å². The lowest BCUT2D eigenvalue weighted by Crippen LogP contribution is -2.47. The van der Waals surface area contributed by atoms with Gasteiger partial charge < -0.3 is 4.42 Å². The Hall–Kier alpha value is -2.90. The van der Waals surface area contributed by atoms with E-state index in [1.54, 1.807) is 0 Å². The molecule has 1 unspecified atom stereocenters. The molecule has 0 fully saturated rings. The molecule has 1 amide bonds. The maximum Gasteiger partial charge on any atom is 0.453 e. The van der Waals surface area contributed by atoms with E-state index in [1.807, 2.05) is 0 Å². The fraction of sp³-hybridized carbons (Fsp3) is 0.467. The van der Waals surface area contributed by atoms with E-state index in [0.717, 1.165) is 6.07 Å². The molecule has 1 aliphatic rings. The van der Waals surface area contributed by atoms with E-state index < -0.39 is 50.6 Å². The molecule has 10 nitrogen and oxygen atoms in total. The van der Waals surface area contributed by atoms with Crippen molar-refractivity contribution in [3.8, 4) is 0 Å². The number of alkyl halides is 3. The number of azo groups is 1. The van der Waals surface area contributed by atoms with Crippen molar-refractivity contribution in [2.24, 2.45) is 10.2 Å². The minimum absolute atomic E-state index is 0.172. The van der Waals surface area contributed by atoms with Crippen LogP contribution in [0.25, 0.3) is 0 Å². The molecule has 0 aliphatic carbocycles. The zero-order valence-electron chi connectivity index (χ0n) is 15.4. The number of fused-ring (bicyclic) bond motifs is 1. The van der Waals surface area contributed by atoms with E-state index in [-0.39, 0.29) is 17.5 Å². The molecule has 0 saturated carbocycles. The lowest BCUT2D eigenvalue weighted by molar-refractivity contribution is -0.715. The molecular formula is C15H16F3N6O4S+. The molecule has 0 radical (unpaired) electrons. The Balaban J connectivity index is 2.05. The smallest absolute Gasteiger partial charge is 0.408 e. The number of carbonyl (C=O) groups excluding carboxylic acids is 1. The molecular weight excluding hydrogens is 417 g/mol. The number of aromatic nitrogens is 3. The summed E-state index contributed by atoms with van der Waals surface area (Å²) in [5.41, 5.74) is -1.44. The highest BCUT2D eigenvalue weighted by Gasteiger charge is 2.47. The average Bonchev–Trinajstić information content (AvgIpc) is 3.19. The number of pyridine rings is 1. The summed E-state index contributed by atoms with van der Waals surface area (Å²) in [6, 6.07) is 1.34. The molecule has 29 heavy (non-hydrogen) atoms. The third kappa shape index (κ3) is 4.11. The molecule has 0 aromatic carbocycles. The number of amides is 1. The van der Waals surface area contributed by atoms with Crippen LogP contribution in [-0.4, -0.2) is 35.5 Å². The summed E-state index contributed by atoms with van der Waals surface area (Å²) in [5, 5.41) is 15.9. The number of hydrogen-bond donors (Lipinski definition) is 1. The molecule has 0 spiro atoms. The van der Waals surface area contributed by atoms with Gasteiger partial charge in [-0.2, -0.15) is 17.7 Å². The molecule has 14 heteroatoms. The van der Waals surface area contributed by atoms with E-state index in [9.17, 15) is 26.4 Å². The minimum Gasteiger partial charge on any atom is -0.408 e. The highest BCUT2D eigenvalue weighted by atomic mass is 32.2. The van der Waals surface area contributed by atoms with Crippen molar-refractivity contribution < 1.29 is 35.4 Å². The van der Waals surface area contributed by atoms with Crippen molar-refractivity contribution in [3.63, 3.8) is 0 Å². The van der Waals surface area contributed by atoms with Gasteiger partial charge in [0.25, 0.3) is 5.91 Å². The summed E-state index contributed by atoms with van der Waals surface area (Å²) >= 11 is 0. The number of anilines is 1. The largest absolute Gasteiger partial charge is 0.453 e. The predicted molar refractivity (Wildman–Crippen MR) is 91.1 cm³/mol. The van der Waals surface area contributed by atoms with Crippen molar-refractivity contribution in [2.45, 2.75) is 38.4 Å². The fourth-order valence-electron chi connectivity index (χ4n) is 2.57. The summed E-state index contributed by atoms with van der Waals surface area (Å²) in [6.07, 6.45) is -6.27. The highest BCUT2D eigenvalue weighted by Crippen LogP contribution is 2.34. The number of nitrogens with one attached hydrogen (secondary N) is 1. The van der Waals surface area contributed by atoms with Crippen LogP contribution >= 0.6 is 0 Å². The summed E-state index contributed by atoms with van der Waals surface area (Å²) in [6.45, 7) is 4.31. The van der Waals surface area contributed by atoms with E-state index >= 15 is 0 Å². The van der Waals surface area contributed by atoms with E-state index in [2.05, 4.69) is 25.7 Å². The lowest BCUT2D eigenvalue weighted by atomic mass is 10.2. The Morgan fingerprint density at radius 2 is 2.00 bits per heavy atom. The number of sulfone groups is 1. The Morgan fingerprint density at radius 3 is 2.55 bits per heavy atom. The van der Waals surface area contributed by atoms with Gasteiger partial charge in [-0.05, 0) is 31.1 Å². The topological polar surface area (TPSA) is 131 Å². The Kier molecular flexibility index (Phi) is 5.15. The maximum atomic E-state index is 13.5. The summed E-state index contributed by atoms with van der Waals surface area (Å²) in [4.78, 5) is 12.5. The van der Waals surface area contributed by atoms with Crippen molar-refractivity contribution in [1.82, 2.24) is 10.2 Å². The highest BCUT2D eigenvalue weighted by molar-refractivity contribution is 7.92. The van der Waals surface area contributed by atoms with Crippen LogP contribution in [0.5, 0.6) is 0 Å². The Morgan fingerprint density at radius 1 is 1.31 bits per heavy atom. The van der Waals surface area contributed by atoms with Crippen molar-refractivity contribution in [2.75, 3.05) is 11.1 Å². The SMILES string of the molecule is Cc1nnc(NC(=O)c2ccc(C(F)(F)F)[n+]3c2N=NC3CS(=O)(=O)C(C)C)o1. The first-order valence-corrected chi connectivity index (χ1v) is 10.0. The van der Waals surface area contributed by atoms with Gasteiger partial charge in [-0.3, -0.25) is 10.1 Å². The molecule has 156 valence electrons. The number of halogens is 3. The molecule has 0 bridgehead atoms. The quantitative estimate of drug-likeness (QED) is 0.720. The van der Waals surface area contributed by atoms with Gasteiger partial charge in [-0.1, -0.05) is 5.10 Å². The van der Waals surface area contributed by atoms with Crippen LogP contribution in [-0.2, 0) is 16.0 Å². The van der Waals surface area contributed by atoms with Crippen molar-refractivity contribution in [3.05, 3.63) is 29.3 Å². The Bertz CT molecular complexity index is 1090. The minimum atomic E-state index is -4.82. The molecule has 1 aliphatic heterocycles. The summed E-state index contributed by atoms with van der Waals surface area (Å²) in [7, 11) is -3.74. The van der Waals surface area contributed by atoms with E-state index in [4.69, 9.17) is 4.42 Å². The fourth-order valence-corrected chi connectivity index (χ4v) is 3.58. The van der Waals surface area contributed by atoms with Crippen LogP contribution in [0.15, 0.2) is 26.8 Å². The summed E-state index contributed by atoms with van der Waals surface area (Å²) < 4.78 is 70.6. The predicted octanol–water partition coefficient (Wildman–Crippen LogP) is 2.36. The second-order valence-electron chi connectivity index (χ2n) is 6.48. The molecule has 1 N–H and O–H groups in total. The number of rotatable bonds is 5. The lowest BCUT2D eigenvalue weighted by Gasteiger charge is -2.14. The van der Waals surface area contributed by atoms with Crippen LogP contribution < -0.4 is 9.88 Å². The van der Waals surface area contributed by atoms with Gasteiger partial charge >= 0.3 is 18.0 Å². The first kappa shape index (κ1) is 20.8. The van der Waals surface area contributed by atoms with Gasteiger partial charge in [0.2, 0.25) is 17.8 Å². The van der Waals surface area contributed by atoms with Crippen LogP contribution in [0.3, 0.4) is 0 Å². The second-order valence-corrected chi connectivity index (χ2v) is 9.08.